The lowest BCUT2D eigenvalue weighted by molar-refractivity contribution is 0.358. The third-order valence-electron chi connectivity index (χ3n) is 3.75. The number of aryl methyl sites for hydroxylation is 1. The van der Waals surface area contributed by atoms with Gasteiger partial charge >= 0.3 is 0 Å². The Morgan fingerprint density at radius 3 is 2.76 bits per heavy atom. The molecule has 1 fully saturated rings. The molecule has 0 atom stereocenters. The van der Waals surface area contributed by atoms with Gasteiger partial charge in [-0.3, -0.25) is 0 Å². The van der Waals surface area contributed by atoms with Gasteiger partial charge in [-0.15, -0.1) is 0 Å². The maximum atomic E-state index is 4.53. The molecule has 17 heavy (non-hydrogen) atoms. The zero-order chi connectivity index (χ0) is 11.8. The molecule has 0 aromatic carbocycles. The quantitative estimate of drug-likeness (QED) is 0.795. The maximum Gasteiger partial charge on any atom is 0.160 e. The van der Waals surface area contributed by atoms with E-state index in [2.05, 4.69) is 37.4 Å². The molecule has 0 aliphatic heterocycles. The summed E-state index contributed by atoms with van der Waals surface area (Å²) in [6.45, 7) is 2.09. The van der Waals surface area contributed by atoms with Crippen molar-refractivity contribution in [2.45, 2.75) is 45.1 Å². The Kier molecular flexibility index (Phi) is 2.90. The van der Waals surface area contributed by atoms with E-state index in [9.17, 15) is 0 Å². The molecule has 0 N–H and O–H groups in total. The second-order valence-electron chi connectivity index (χ2n) is 4.85. The number of pyridine rings is 1. The fourth-order valence-corrected chi connectivity index (χ4v) is 2.99. The van der Waals surface area contributed by atoms with Crippen molar-refractivity contribution in [2.75, 3.05) is 0 Å². The maximum absolute atomic E-state index is 4.53. The van der Waals surface area contributed by atoms with Crippen molar-refractivity contribution in [1.82, 2.24) is 14.5 Å². The summed E-state index contributed by atoms with van der Waals surface area (Å²) < 4.78 is 3.31. The number of hydrogen-bond donors (Lipinski definition) is 0. The predicted molar refractivity (Wildman–Crippen MR) is 72.1 cm³/mol. The van der Waals surface area contributed by atoms with E-state index in [4.69, 9.17) is 0 Å². The summed E-state index contributed by atoms with van der Waals surface area (Å²) in [5.74, 6) is 0. The molecule has 90 valence electrons. The summed E-state index contributed by atoms with van der Waals surface area (Å²) >= 11 is 3.51. The molecule has 1 aliphatic carbocycles. The van der Waals surface area contributed by atoms with Crippen LogP contribution in [-0.4, -0.2) is 14.5 Å². The van der Waals surface area contributed by atoms with Gasteiger partial charge in [0, 0.05) is 16.7 Å². The van der Waals surface area contributed by atoms with Crippen LogP contribution in [0.15, 0.2) is 17.0 Å². The van der Waals surface area contributed by atoms with Crippen LogP contribution in [0.1, 0.15) is 43.7 Å². The molecule has 3 nitrogen and oxygen atoms in total. The van der Waals surface area contributed by atoms with Crippen LogP contribution in [0.2, 0.25) is 0 Å². The number of imidazole rings is 1. The summed E-state index contributed by atoms with van der Waals surface area (Å²) in [5.41, 5.74) is 3.26. The van der Waals surface area contributed by atoms with Gasteiger partial charge in [0.05, 0.1) is 6.33 Å². The summed E-state index contributed by atoms with van der Waals surface area (Å²) in [6.07, 6.45) is 10.4. The molecule has 2 aromatic rings. The van der Waals surface area contributed by atoms with Gasteiger partial charge in [0.1, 0.15) is 5.52 Å². The van der Waals surface area contributed by atoms with Crippen LogP contribution in [0.5, 0.6) is 0 Å². The first-order chi connectivity index (χ1) is 8.27. The highest BCUT2D eigenvalue weighted by atomic mass is 79.9. The van der Waals surface area contributed by atoms with Crippen LogP contribution < -0.4 is 0 Å². The van der Waals surface area contributed by atoms with E-state index in [0.717, 1.165) is 15.6 Å². The minimum absolute atomic E-state index is 0.599. The van der Waals surface area contributed by atoms with Gasteiger partial charge in [-0.2, -0.15) is 0 Å². The van der Waals surface area contributed by atoms with Crippen LogP contribution >= 0.6 is 15.9 Å². The molecule has 2 aromatic heterocycles. The highest BCUT2D eigenvalue weighted by molar-refractivity contribution is 9.10. The normalized spacial score (nSPS) is 17.8. The first kappa shape index (κ1) is 11.2. The molecule has 1 aliphatic rings. The third kappa shape index (κ3) is 1.88. The van der Waals surface area contributed by atoms with Crippen molar-refractivity contribution in [1.29, 1.82) is 0 Å². The topological polar surface area (TPSA) is 30.7 Å². The largest absolute Gasteiger partial charge is 0.312 e. The van der Waals surface area contributed by atoms with Crippen molar-refractivity contribution in [2.24, 2.45) is 0 Å². The lowest BCUT2D eigenvalue weighted by Crippen LogP contribution is -2.12. The van der Waals surface area contributed by atoms with Gasteiger partial charge in [0.2, 0.25) is 0 Å². The fourth-order valence-electron chi connectivity index (χ4n) is 2.70. The van der Waals surface area contributed by atoms with Crippen LogP contribution in [0.4, 0.5) is 0 Å². The van der Waals surface area contributed by atoms with Crippen molar-refractivity contribution < 1.29 is 0 Å². The Bertz CT molecular complexity index is 541. The second kappa shape index (κ2) is 4.41. The first-order valence-electron chi connectivity index (χ1n) is 6.25. The third-order valence-corrected chi connectivity index (χ3v) is 4.55. The average Bonchev–Trinajstić information content (AvgIpc) is 2.79. The first-order valence-corrected chi connectivity index (χ1v) is 7.04. The van der Waals surface area contributed by atoms with Crippen molar-refractivity contribution in [3.8, 4) is 0 Å². The zero-order valence-electron chi connectivity index (χ0n) is 9.99. The van der Waals surface area contributed by atoms with Gasteiger partial charge in [-0.05, 0) is 41.3 Å². The molecule has 0 radical (unpaired) electrons. The van der Waals surface area contributed by atoms with Crippen molar-refractivity contribution >= 4 is 27.1 Å². The Balaban J connectivity index is 2.08. The number of rotatable bonds is 1. The summed E-state index contributed by atoms with van der Waals surface area (Å²) in [6, 6.07) is 0.599. The summed E-state index contributed by atoms with van der Waals surface area (Å²) in [5, 5.41) is 0. The molecule has 0 bridgehead atoms. The van der Waals surface area contributed by atoms with Gasteiger partial charge < -0.3 is 4.57 Å². The SMILES string of the molecule is Cc1c(Br)cnc2c1ncn2C1CCCCC1. The number of nitrogens with zero attached hydrogens (tertiary/aromatic N) is 3. The second-order valence-corrected chi connectivity index (χ2v) is 5.70. The van der Waals surface area contributed by atoms with Gasteiger partial charge in [0.25, 0.3) is 0 Å². The number of fused-ring (bicyclic) bond motifs is 1. The van der Waals surface area contributed by atoms with E-state index in [1.54, 1.807) is 0 Å². The molecule has 3 rings (SSSR count). The highest BCUT2D eigenvalue weighted by Crippen LogP contribution is 2.31. The Morgan fingerprint density at radius 1 is 1.24 bits per heavy atom. The van der Waals surface area contributed by atoms with E-state index >= 15 is 0 Å². The summed E-state index contributed by atoms with van der Waals surface area (Å²) in [7, 11) is 0. The van der Waals surface area contributed by atoms with Gasteiger partial charge in [-0.1, -0.05) is 19.3 Å². The van der Waals surface area contributed by atoms with E-state index in [1.807, 2.05) is 12.5 Å². The number of halogens is 1. The average molecular weight is 294 g/mol. The van der Waals surface area contributed by atoms with E-state index in [1.165, 1.54) is 37.7 Å². The van der Waals surface area contributed by atoms with Crippen LogP contribution in [0, 0.1) is 6.92 Å². The minimum Gasteiger partial charge on any atom is -0.312 e. The molecule has 1 saturated carbocycles. The summed E-state index contributed by atoms with van der Waals surface area (Å²) in [4.78, 5) is 9.05. The lowest BCUT2D eigenvalue weighted by Gasteiger charge is -2.23. The lowest BCUT2D eigenvalue weighted by atomic mass is 9.95. The predicted octanol–water partition coefficient (Wildman–Crippen LogP) is 4.01. The molecular formula is C13H16BrN3. The van der Waals surface area contributed by atoms with Crippen LogP contribution in [-0.2, 0) is 0 Å². The minimum atomic E-state index is 0.599. The molecule has 4 heteroatoms. The van der Waals surface area contributed by atoms with E-state index in [-0.39, 0.29) is 0 Å². The molecule has 0 amide bonds. The Labute approximate surface area is 109 Å². The fraction of sp³-hybridized carbons (Fsp3) is 0.538. The van der Waals surface area contributed by atoms with Crippen LogP contribution in [0.25, 0.3) is 11.2 Å². The smallest absolute Gasteiger partial charge is 0.160 e. The molecule has 2 heterocycles. The zero-order valence-corrected chi connectivity index (χ0v) is 11.6. The van der Waals surface area contributed by atoms with Gasteiger partial charge in [-0.25, -0.2) is 9.97 Å². The van der Waals surface area contributed by atoms with Crippen LogP contribution in [0.3, 0.4) is 0 Å². The van der Waals surface area contributed by atoms with E-state index < -0.39 is 0 Å². The molecule has 0 saturated heterocycles. The molecule has 0 spiro atoms. The van der Waals surface area contributed by atoms with Crippen molar-refractivity contribution in [3.05, 3.63) is 22.6 Å². The number of aromatic nitrogens is 3. The Hall–Kier alpha value is -0.900. The highest BCUT2D eigenvalue weighted by Gasteiger charge is 2.18. The number of hydrogen-bond acceptors (Lipinski definition) is 2. The molecule has 0 unspecified atom stereocenters. The van der Waals surface area contributed by atoms with Crippen molar-refractivity contribution in [3.63, 3.8) is 0 Å². The standard InChI is InChI=1S/C13H16BrN3/c1-9-11(14)7-15-13-12(9)16-8-17(13)10-5-3-2-4-6-10/h7-8,10H,2-6H2,1H3. The molecular weight excluding hydrogens is 278 g/mol. The van der Waals surface area contributed by atoms with E-state index in [0.29, 0.717) is 6.04 Å². The van der Waals surface area contributed by atoms with Gasteiger partial charge in [0.15, 0.2) is 5.65 Å². The Morgan fingerprint density at radius 2 is 2.00 bits per heavy atom. The monoisotopic (exact) mass is 293 g/mol.